The Hall–Kier alpha value is -5.49. The Labute approximate surface area is 281 Å². The average molecular weight is 673 g/mol. The van der Waals surface area contributed by atoms with Crippen LogP contribution in [-0.2, 0) is 29.2 Å². The molecule has 49 heavy (non-hydrogen) atoms. The highest BCUT2D eigenvalue weighted by Crippen LogP contribution is 2.33. The number of nitrogens with zero attached hydrogens (tertiary/aromatic N) is 2. The van der Waals surface area contributed by atoms with E-state index in [-0.39, 0.29) is 29.0 Å². The zero-order chi connectivity index (χ0) is 35.5. The van der Waals surface area contributed by atoms with Gasteiger partial charge in [-0.3, -0.25) is 19.2 Å². The third kappa shape index (κ3) is 7.81. The molecule has 9 nitrogen and oxygen atoms in total. The molecular formula is C37H35F3N4O5. The molecule has 0 unspecified atom stereocenters. The largest absolute Gasteiger partial charge is 0.416 e. The minimum Gasteiger partial charge on any atom is -0.378 e. The van der Waals surface area contributed by atoms with Crippen LogP contribution in [0.15, 0.2) is 84.3 Å². The van der Waals surface area contributed by atoms with Crippen molar-refractivity contribution in [3.8, 4) is 11.1 Å². The van der Waals surface area contributed by atoms with E-state index < -0.39 is 23.6 Å². The van der Waals surface area contributed by atoms with Crippen molar-refractivity contribution in [2.45, 2.75) is 26.4 Å². The van der Waals surface area contributed by atoms with E-state index in [1.165, 1.54) is 23.6 Å². The summed E-state index contributed by atoms with van der Waals surface area (Å²) in [6.45, 7) is 8.29. The van der Waals surface area contributed by atoms with Gasteiger partial charge in [-0.15, -0.1) is 0 Å². The normalized spacial score (nSPS) is 13.1. The molecule has 0 atom stereocenters. The van der Waals surface area contributed by atoms with Gasteiger partial charge in [-0.25, -0.2) is 0 Å². The Morgan fingerprint density at radius 2 is 1.69 bits per heavy atom. The number of aryl methyl sites for hydroxylation is 2. The Balaban J connectivity index is 1.45. The van der Waals surface area contributed by atoms with Gasteiger partial charge < -0.3 is 24.8 Å². The van der Waals surface area contributed by atoms with Crippen LogP contribution in [0.3, 0.4) is 0 Å². The molecule has 1 fully saturated rings. The van der Waals surface area contributed by atoms with Gasteiger partial charge in [0.1, 0.15) is 0 Å². The number of hydrogen-bond donors (Lipinski definition) is 2. The van der Waals surface area contributed by atoms with Gasteiger partial charge in [-0.1, -0.05) is 30.8 Å². The summed E-state index contributed by atoms with van der Waals surface area (Å²) < 4.78 is 47.2. The molecule has 254 valence electrons. The standard InChI is InChI=1S/C37H35F3N4O5/c1-5-33(45)41-32-18-24(10-12-29(32)36(48)44-13-15-49-16-14-44)17-26-19-27(21-43(4)35(26)47)28-7-6-8-31(23(28)3)42-34(46)25-11-9-22(2)30(20-25)37(38,39)40/h5-12,18-21H,1,13-17H2,2-4H3,(H,41,45)(H,42,46). The molecule has 0 radical (unpaired) electrons. The van der Waals surface area contributed by atoms with Crippen molar-refractivity contribution < 1.29 is 32.3 Å². The van der Waals surface area contributed by atoms with Crippen LogP contribution in [0, 0.1) is 13.8 Å². The first-order valence-corrected chi connectivity index (χ1v) is 15.5. The lowest BCUT2D eigenvalue weighted by atomic mass is 9.96. The van der Waals surface area contributed by atoms with E-state index in [0.717, 1.165) is 12.1 Å². The molecule has 5 rings (SSSR count). The number of amides is 3. The topological polar surface area (TPSA) is 110 Å². The molecule has 3 aromatic carbocycles. The van der Waals surface area contributed by atoms with Gasteiger partial charge in [0.2, 0.25) is 5.91 Å². The fourth-order valence-electron chi connectivity index (χ4n) is 5.73. The van der Waals surface area contributed by atoms with Gasteiger partial charge in [-0.2, -0.15) is 13.2 Å². The van der Waals surface area contributed by atoms with Gasteiger partial charge in [0.15, 0.2) is 0 Å². The maximum Gasteiger partial charge on any atom is 0.416 e. The molecule has 1 aromatic heterocycles. The SMILES string of the molecule is C=CC(=O)Nc1cc(Cc2cc(-c3cccc(NC(=O)c4ccc(C)c(C(F)(F)F)c4)c3C)cn(C)c2=O)ccc1C(=O)N1CCOCC1. The molecule has 1 aliphatic rings. The summed E-state index contributed by atoms with van der Waals surface area (Å²) in [5.74, 6) is -1.43. The smallest absolute Gasteiger partial charge is 0.378 e. The molecular weight excluding hydrogens is 637 g/mol. The lowest BCUT2D eigenvalue weighted by molar-refractivity contribution is -0.138. The van der Waals surface area contributed by atoms with Gasteiger partial charge in [0.05, 0.1) is 30.0 Å². The summed E-state index contributed by atoms with van der Waals surface area (Å²) >= 11 is 0. The highest BCUT2D eigenvalue weighted by Gasteiger charge is 2.33. The van der Waals surface area contributed by atoms with Crippen molar-refractivity contribution in [3.05, 3.63) is 129 Å². The van der Waals surface area contributed by atoms with E-state index >= 15 is 0 Å². The number of carbonyl (C=O) groups excluding carboxylic acids is 3. The van der Waals surface area contributed by atoms with Crippen LogP contribution in [0.4, 0.5) is 24.5 Å². The predicted octanol–water partition coefficient (Wildman–Crippen LogP) is 6.13. The van der Waals surface area contributed by atoms with Crippen LogP contribution in [0.1, 0.15) is 48.5 Å². The quantitative estimate of drug-likeness (QED) is 0.219. The van der Waals surface area contributed by atoms with Crippen molar-refractivity contribution in [2.75, 3.05) is 36.9 Å². The second kappa shape index (κ2) is 14.3. The van der Waals surface area contributed by atoms with Crippen LogP contribution in [0.5, 0.6) is 0 Å². The van der Waals surface area contributed by atoms with E-state index in [0.29, 0.717) is 71.1 Å². The lowest BCUT2D eigenvalue weighted by Gasteiger charge is -2.27. The molecule has 2 N–H and O–H groups in total. The number of carbonyl (C=O) groups is 3. The fraction of sp³-hybridized carbons (Fsp3) is 0.243. The Bertz CT molecular complexity index is 2010. The first kappa shape index (κ1) is 34.8. The van der Waals surface area contributed by atoms with E-state index in [4.69, 9.17) is 4.74 Å². The van der Waals surface area contributed by atoms with Gasteiger partial charge in [-0.05, 0) is 84.1 Å². The third-order valence-corrected chi connectivity index (χ3v) is 8.41. The molecule has 3 amide bonds. The minimum absolute atomic E-state index is 0.0166. The highest BCUT2D eigenvalue weighted by molar-refractivity contribution is 6.07. The highest BCUT2D eigenvalue weighted by atomic mass is 19.4. The number of halogens is 3. The predicted molar refractivity (Wildman–Crippen MR) is 181 cm³/mol. The second-order valence-electron chi connectivity index (χ2n) is 11.8. The number of morpholine rings is 1. The summed E-state index contributed by atoms with van der Waals surface area (Å²) in [5, 5.41) is 5.44. The van der Waals surface area contributed by atoms with E-state index in [9.17, 15) is 32.3 Å². The number of hydrogen-bond acceptors (Lipinski definition) is 5. The van der Waals surface area contributed by atoms with E-state index in [1.54, 1.807) is 61.5 Å². The monoisotopic (exact) mass is 672 g/mol. The average Bonchev–Trinajstić information content (AvgIpc) is 3.07. The molecule has 1 aliphatic heterocycles. The van der Waals surface area contributed by atoms with Crippen molar-refractivity contribution in [1.82, 2.24) is 9.47 Å². The van der Waals surface area contributed by atoms with Crippen LogP contribution in [0.2, 0.25) is 0 Å². The van der Waals surface area contributed by atoms with Gasteiger partial charge in [0, 0.05) is 49.6 Å². The van der Waals surface area contributed by atoms with Crippen LogP contribution in [-0.4, -0.2) is 53.5 Å². The van der Waals surface area contributed by atoms with Gasteiger partial charge >= 0.3 is 6.18 Å². The number of anilines is 2. The second-order valence-corrected chi connectivity index (χ2v) is 11.8. The van der Waals surface area contributed by atoms with Gasteiger partial charge in [0.25, 0.3) is 17.4 Å². The summed E-state index contributed by atoms with van der Waals surface area (Å²) in [7, 11) is 1.62. The number of benzene rings is 3. The molecule has 0 saturated carbocycles. The third-order valence-electron chi connectivity index (χ3n) is 8.41. The molecule has 0 aliphatic carbocycles. The van der Waals surface area contributed by atoms with Crippen LogP contribution >= 0.6 is 0 Å². The number of rotatable bonds is 8. The van der Waals surface area contributed by atoms with Crippen LogP contribution < -0.4 is 16.2 Å². The number of nitrogens with one attached hydrogen (secondary N) is 2. The zero-order valence-electron chi connectivity index (χ0n) is 27.2. The number of aromatic nitrogens is 1. The van der Waals surface area contributed by atoms with E-state index in [2.05, 4.69) is 17.2 Å². The molecule has 0 spiro atoms. The fourth-order valence-corrected chi connectivity index (χ4v) is 5.73. The Morgan fingerprint density at radius 3 is 2.39 bits per heavy atom. The zero-order valence-corrected chi connectivity index (χ0v) is 27.2. The Morgan fingerprint density at radius 1 is 0.959 bits per heavy atom. The minimum atomic E-state index is -4.60. The number of alkyl halides is 3. The molecule has 12 heteroatoms. The van der Waals surface area contributed by atoms with Crippen LogP contribution in [0.25, 0.3) is 11.1 Å². The molecule has 2 heterocycles. The maximum atomic E-state index is 13.5. The Kier molecular flexibility index (Phi) is 10.2. The first-order valence-electron chi connectivity index (χ1n) is 15.5. The number of pyridine rings is 1. The van der Waals surface area contributed by atoms with Crippen molar-refractivity contribution in [2.24, 2.45) is 7.05 Å². The summed E-state index contributed by atoms with van der Waals surface area (Å²) in [6.07, 6.45) is -1.65. The van der Waals surface area contributed by atoms with Crippen molar-refractivity contribution in [1.29, 1.82) is 0 Å². The number of ether oxygens (including phenoxy) is 1. The molecule has 0 bridgehead atoms. The summed E-state index contributed by atoms with van der Waals surface area (Å²) in [6, 6.07) is 15.4. The summed E-state index contributed by atoms with van der Waals surface area (Å²) in [5.41, 5.74) is 2.85. The maximum absolute atomic E-state index is 13.5. The summed E-state index contributed by atoms with van der Waals surface area (Å²) in [4.78, 5) is 53.6. The molecule has 4 aromatic rings. The first-order chi connectivity index (χ1) is 23.3. The van der Waals surface area contributed by atoms with E-state index in [1.807, 2.05) is 6.07 Å². The van der Waals surface area contributed by atoms with Crippen molar-refractivity contribution >= 4 is 29.1 Å². The lowest BCUT2D eigenvalue weighted by Crippen LogP contribution is -2.41. The van der Waals surface area contributed by atoms with Crippen molar-refractivity contribution in [3.63, 3.8) is 0 Å². The molecule has 1 saturated heterocycles.